The Morgan fingerprint density at radius 3 is 2.47 bits per heavy atom. The van der Waals surface area contributed by atoms with Crippen molar-refractivity contribution in [2.75, 3.05) is 42.9 Å². The number of sulfonamides is 1. The summed E-state index contributed by atoms with van der Waals surface area (Å²) in [6.45, 7) is 5.88. The van der Waals surface area contributed by atoms with E-state index in [-0.39, 0.29) is 10.8 Å². The van der Waals surface area contributed by atoms with E-state index >= 15 is 0 Å². The number of aryl methyl sites for hydroxylation is 2. The van der Waals surface area contributed by atoms with Crippen LogP contribution in [0.3, 0.4) is 0 Å². The number of fused-ring (bicyclic) bond motifs is 2. The first-order chi connectivity index (χ1) is 18.2. The lowest BCUT2D eigenvalue weighted by Crippen LogP contribution is -2.33. The molecule has 1 aliphatic rings. The van der Waals surface area contributed by atoms with Crippen molar-refractivity contribution in [1.29, 1.82) is 0 Å². The number of amides is 1. The van der Waals surface area contributed by atoms with Gasteiger partial charge < -0.3 is 4.90 Å². The van der Waals surface area contributed by atoms with Gasteiger partial charge in [0.1, 0.15) is 0 Å². The number of carbonyl (C=O) groups excluding carboxylic acids is 1. The highest BCUT2D eigenvalue weighted by atomic mass is 32.2. The summed E-state index contributed by atoms with van der Waals surface area (Å²) in [5.41, 5.74) is 5.38. The molecule has 0 spiro atoms. The highest BCUT2D eigenvalue weighted by molar-refractivity contribution is 7.92. The standard InChI is InChI=1S/C29H32N4O3S2/c1-20-10-15-26-27(21(20)2)30-29(37-26)32(18-7-17-31(3)4)28(34)23-11-13-24(14-12-23)38(35,36)33-19-16-22-8-5-6-9-25(22)33/h5-6,8-15H,7,16-19H2,1-4H3. The van der Waals surface area contributed by atoms with Crippen molar-refractivity contribution in [1.82, 2.24) is 9.88 Å². The fraction of sp³-hybridized carbons (Fsp3) is 0.310. The molecule has 0 atom stereocenters. The average Bonchev–Trinajstić information content (AvgIpc) is 3.54. The summed E-state index contributed by atoms with van der Waals surface area (Å²) in [6, 6.07) is 18.0. The third kappa shape index (κ3) is 4.93. The zero-order chi connectivity index (χ0) is 27.0. The molecule has 9 heteroatoms. The van der Waals surface area contributed by atoms with Crippen molar-refractivity contribution in [3.05, 3.63) is 82.9 Å². The van der Waals surface area contributed by atoms with Crippen LogP contribution in [0.15, 0.2) is 65.6 Å². The Balaban J connectivity index is 1.44. The Kier molecular flexibility index (Phi) is 7.26. The summed E-state index contributed by atoms with van der Waals surface area (Å²) >= 11 is 1.51. The Morgan fingerprint density at radius 1 is 1.00 bits per heavy atom. The second kappa shape index (κ2) is 10.5. The number of aromatic nitrogens is 1. The Hall–Kier alpha value is -3.27. The van der Waals surface area contributed by atoms with Gasteiger partial charge in [-0.2, -0.15) is 0 Å². The molecular formula is C29H32N4O3S2. The van der Waals surface area contributed by atoms with Crippen molar-refractivity contribution >= 4 is 48.3 Å². The third-order valence-corrected chi connectivity index (χ3v) is 9.94. The lowest BCUT2D eigenvalue weighted by molar-refractivity contribution is 0.0986. The Labute approximate surface area is 228 Å². The topological polar surface area (TPSA) is 73.8 Å². The highest BCUT2D eigenvalue weighted by Crippen LogP contribution is 2.34. The second-order valence-corrected chi connectivity index (χ2v) is 12.8. The molecule has 0 unspecified atom stereocenters. The summed E-state index contributed by atoms with van der Waals surface area (Å²) in [4.78, 5) is 22.6. The molecule has 0 fully saturated rings. The van der Waals surface area contributed by atoms with Crippen LogP contribution in [0, 0.1) is 13.8 Å². The molecule has 7 nitrogen and oxygen atoms in total. The average molecular weight is 549 g/mol. The van der Waals surface area contributed by atoms with E-state index in [0.29, 0.717) is 30.2 Å². The number of hydrogen-bond donors (Lipinski definition) is 0. The summed E-state index contributed by atoms with van der Waals surface area (Å²) in [5.74, 6) is -0.187. The molecule has 1 aromatic heterocycles. The molecule has 0 bridgehead atoms. The van der Waals surface area contributed by atoms with Gasteiger partial charge in [0, 0.05) is 18.7 Å². The Morgan fingerprint density at radius 2 is 1.74 bits per heavy atom. The quantitative estimate of drug-likeness (QED) is 0.300. The fourth-order valence-electron chi connectivity index (χ4n) is 4.77. The molecule has 1 aliphatic heterocycles. The monoisotopic (exact) mass is 548 g/mol. The zero-order valence-electron chi connectivity index (χ0n) is 22.1. The number of anilines is 2. The van der Waals surface area contributed by atoms with Crippen LogP contribution in [0.1, 0.15) is 33.5 Å². The molecule has 3 aromatic carbocycles. The maximum Gasteiger partial charge on any atom is 0.264 e. The summed E-state index contributed by atoms with van der Waals surface area (Å²) < 4.78 is 29.3. The SMILES string of the molecule is Cc1ccc2sc(N(CCCN(C)C)C(=O)c3ccc(S(=O)(=O)N4CCc5ccccc54)cc3)nc2c1C. The summed E-state index contributed by atoms with van der Waals surface area (Å²) in [7, 11) is 0.291. The lowest BCUT2D eigenvalue weighted by atomic mass is 10.1. The van der Waals surface area contributed by atoms with Crippen molar-refractivity contribution in [2.24, 2.45) is 0 Å². The maximum absolute atomic E-state index is 13.7. The van der Waals surface area contributed by atoms with Crippen LogP contribution in [0.5, 0.6) is 0 Å². The molecule has 1 amide bonds. The van der Waals surface area contributed by atoms with Crippen LogP contribution in [0.25, 0.3) is 10.2 Å². The molecule has 0 radical (unpaired) electrons. The van der Waals surface area contributed by atoms with E-state index in [1.54, 1.807) is 17.0 Å². The number of nitrogens with zero attached hydrogens (tertiary/aromatic N) is 4. The van der Waals surface area contributed by atoms with E-state index in [9.17, 15) is 13.2 Å². The third-order valence-electron chi connectivity index (χ3n) is 7.07. The lowest BCUT2D eigenvalue weighted by Gasteiger charge is -2.22. The van der Waals surface area contributed by atoms with E-state index in [0.717, 1.165) is 45.6 Å². The van der Waals surface area contributed by atoms with Crippen molar-refractivity contribution < 1.29 is 13.2 Å². The molecule has 0 N–H and O–H groups in total. The van der Waals surface area contributed by atoms with E-state index in [1.165, 1.54) is 27.8 Å². The Bertz CT molecular complexity index is 1590. The number of thiazole rings is 1. The van der Waals surface area contributed by atoms with Crippen molar-refractivity contribution in [3.63, 3.8) is 0 Å². The number of rotatable bonds is 8. The largest absolute Gasteiger partial charge is 0.309 e. The predicted molar refractivity (Wildman–Crippen MR) is 155 cm³/mol. The maximum atomic E-state index is 13.7. The van der Waals surface area contributed by atoms with Gasteiger partial charge in [-0.3, -0.25) is 14.0 Å². The molecule has 0 saturated heterocycles. The molecular weight excluding hydrogens is 516 g/mol. The van der Waals surface area contributed by atoms with Crippen LogP contribution in [-0.2, 0) is 16.4 Å². The van der Waals surface area contributed by atoms with Gasteiger partial charge in [0.2, 0.25) is 0 Å². The van der Waals surface area contributed by atoms with Gasteiger partial charge in [-0.1, -0.05) is 35.6 Å². The van der Waals surface area contributed by atoms with Crippen molar-refractivity contribution in [3.8, 4) is 0 Å². The van der Waals surface area contributed by atoms with E-state index < -0.39 is 10.0 Å². The number of para-hydroxylation sites is 1. The molecule has 0 aliphatic carbocycles. The summed E-state index contributed by atoms with van der Waals surface area (Å²) in [5, 5.41) is 0.655. The molecule has 5 rings (SSSR count). The highest BCUT2D eigenvalue weighted by Gasteiger charge is 2.31. The van der Waals surface area contributed by atoms with Gasteiger partial charge >= 0.3 is 0 Å². The molecule has 4 aromatic rings. The van der Waals surface area contributed by atoms with Crippen LogP contribution >= 0.6 is 11.3 Å². The van der Waals surface area contributed by atoms with E-state index in [1.807, 2.05) is 38.4 Å². The summed E-state index contributed by atoms with van der Waals surface area (Å²) in [6.07, 6.45) is 1.47. The number of hydrogen-bond acceptors (Lipinski definition) is 6. The fourth-order valence-corrected chi connectivity index (χ4v) is 7.32. The van der Waals surface area contributed by atoms with Gasteiger partial charge in [-0.15, -0.1) is 0 Å². The van der Waals surface area contributed by atoms with Gasteiger partial charge in [0.25, 0.3) is 15.9 Å². The van der Waals surface area contributed by atoms with E-state index in [2.05, 4.69) is 30.9 Å². The van der Waals surface area contributed by atoms with Gasteiger partial charge in [-0.25, -0.2) is 13.4 Å². The first kappa shape index (κ1) is 26.3. The van der Waals surface area contributed by atoms with E-state index in [4.69, 9.17) is 4.98 Å². The second-order valence-electron chi connectivity index (χ2n) is 9.94. The van der Waals surface area contributed by atoms with Crippen LogP contribution < -0.4 is 9.21 Å². The number of carbonyl (C=O) groups is 1. The minimum Gasteiger partial charge on any atom is -0.309 e. The molecule has 2 heterocycles. The predicted octanol–water partition coefficient (Wildman–Crippen LogP) is 5.26. The van der Waals surface area contributed by atoms with Crippen molar-refractivity contribution in [2.45, 2.75) is 31.6 Å². The van der Waals surface area contributed by atoms with Gasteiger partial charge in [-0.05, 0) is 100 Å². The first-order valence-electron chi connectivity index (χ1n) is 12.7. The number of benzene rings is 3. The van der Waals surface area contributed by atoms with Gasteiger partial charge in [0.15, 0.2) is 5.13 Å². The molecule has 0 saturated carbocycles. The zero-order valence-corrected chi connectivity index (χ0v) is 23.8. The minimum absolute atomic E-state index is 0.177. The minimum atomic E-state index is -3.72. The van der Waals surface area contributed by atoms with Gasteiger partial charge in [0.05, 0.1) is 20.8 Å². The molecule has 38 heavy (non-hydrogen) atoms. The van der Waals surface area contributed by atoms with Crippen LogP contribution in [0.4, 0.5) is 10.8 Å². The molecule has 198 valence electrons. The van der Waals surface area contributed by atoms with Crippen LogP contribution in [-0.4, -0.2) is 57.9 Å². The normalized spacial score (nSPS) is 13.3. The first-order valence-corrected chi connectivity index (χ1v) is 15.0. The smallest absolute Gasteiger partial charge is 0.264 e. The van der Waals surface area contributed by atoms with Crippen LogP contribution in [0.2, 0.25) is 0 Å².